The topological polar surface area (TPSA) is 67.2 Å². The molecule has 0 unspecified atom stereocenters. The van der Waals surface area contributed by atoms with Gasteiger partial charge in [-0.1, -0.05) is 11.6 Å². The highest BCUT2D eigenvalue weighted by Gasteiger charge is 2.22. The number of ketones is 1. The number of aromatic nitrogens is 2. The number of hydrogen-bond acceptors (Lipinski definition) is 3. The number of nitrogens with zero attached hydrogens (tertiary/aromatic N) is 3. The number of nitrogens with one attached hydrogen (secondary N) is 1. The fraction of sp³-hybridized carbons (Fsp3) is 0.227. The minimum Gasteiger partial charge on any atom is -0.343 e. The van der Waals surface area contributed by atoms with E-state index in [1.54, 1.807) is 47.6 Å². The maximum absolute atomic E-state index is 13.1. The summed E-state index contributed by atoms with van der Waals surface area (Å²) in [6, 6.07) is 12.0. The first kappa shape index (κ1) is 21.9. The number of halogens is 2. The second kappa shape index (κ2) is 9.78. The predicted molar refractivity (Wildman–Crippen MR) is 120 cm³/mol. The summed E-state index contributed by atoms with van der Waals surface area (Å²) < 4.78 is 1.82. The van der Waals surface area contributed by atoms with Gasteiger partial charge in [-0.2, -0.15) is 0 Å². The van der Waals surface area contributed by atoms with E-state index in [9.17, 15) is 9.59 Å². The van der Waals surface area contributed by atoms with Crippen LogP contribution in [0.1, 0.15) is 27.3 Å². The minimum absolute atomic E-state index is 0.0996. The van der Waals surface area contributed by atoms with E-state index in [2.05, 4.69) is 10.3 Å². The Morgan fingerprint density at radius 1 is 1.20 bits per heavy atom. The molecule has 0 bridgehead atoms. The fourth-order valence-corrected chi connectivity index (χ4v) is 3.47. The van der Waals surface area contributed by atoms with Crippen molar-refractivity contribution in [1.29, 1.82) is 0 Å². The second-order valence-electron chi connectivity index (χ2n) is 6.78. The number of benzene rings is 1. The van der Waals surface area contributed by atoms with Crippen LogP contribution in [-0.4, -0.2) is 33.8 Å². The van der Waals surface area contributed by atoms with Crippen molar-refractivity contribution in [1.82, 2.24) is 14.9 Å². The lowest BCUT2D eigenvalue weighted by molar-refractivity contribution is 0.103. The van der Waals surface area contributed by atoms with Gasteiger partial charge < -0.3 is 9.88 Å². The van der Waals surface area contributed by atoms with Gasteiger partial charge in [0, 0.05) is 41.9 Å². The zero-order chi connectivity index (χ0) is 21.7. The predicted octanol–water partition coefficient (Wildman–Crippen LogP) is 4.57. The van der Waals surface area contributed by atoms with E-state index in [4.69, 9.17) is 23.2 Å². The molecule has 3 aromatic rings. The third-order valence-electron chi connectivity index (χ3n) is 4.74. The molecule has 0 aliphatic rings. The Morgan fingerprint density at radius 3 is 2.57 bits per heavy atom. The molecule has 0 atom stereocenters. The first-order chi connectivity index (χ1) is 14.4. The second-order valence-corrected chi connectivity index (χ2v) is 7.60. The van der Waals surface area contributed by atoms with E-state index in [1.807, 2.05) is 30.7 Å². The van der Waals surface area contributed by atoms with Crippen molar-refractivity contribution in [2.45, 2.75) is 13.5 Å². The van der Waals surface area contributed by atoms with E-state index in [1.165, 1.54) is 0 Å². The van der Waals surface area contributed by atoms with Gasteiger partial charge in [0.15, 0.2) is 0 Å². The lowest BCUT2D eigenvalue weighted by atomic mass is 10.1. The van der Waals surface area contributed by atoms with E-state index >= 15 is 0 Å². The number of hydrogen-bond donors (Lipinski definition) is 1. The van der Waals surface area contributed by atoms with Crippen molar-refractivity contribution in [2.75, 3.05) is 17.3 Å². The molecule has 1 aromatic carbocycles. The molecule has 2 aromatic heterocycles. The summed E-state index contributed by atoms with van der Waals surface area (Å²) in [6.45, 7) is 2.50. The first-order valence-corrected chi connectivity index (χ1v) is 10.3. The summed E-state index contributed by atoms with van der Waals surface area (Å²) in [7, 11) is 1.82. The highest BCUT2D eigenvalue weighted by atomic mass is 35.5. The Labute approximate surface area is 185 Å². The monoisotopic (exact) mass is 444 g/mol. The lowest BCUT2D eigenvalue weighted by Crippen LogP contribution is -2.40. The van der Waals surface area contributed by atoms with Gasteiger partial charge in [0.2, 0.25) is 5.78 Å². The summed E-state index contributed by atoms with van der Waals surface area (Å²) in [6.07, 6.45) is 3.27. The number of urea groups is 1. The third kappa shape index (κ3) is 4.83. The summed E-state index contributed by atoms with van der Waals surface area (Å²) >= 11 is 11.7. The van der Waals surface area contributed by atoms with Gasteiger partial charge in [-0.15, -0.1) is 11.6 Å². The molecule has 2 heterocycles. The normalized spacial score (nSPS) is 10.7. The fourth-order valence-electron chi connectivity index (χ4n) is 3.25. The molecule has 0 fully saturated rings. The van der Waals surface area contributed by atoms with E-state index < -0.39 is 0 Å². The molecule has 0 saturated carbocycles. The smallest absolute Gasteiger partial charge is 0.322 e. The number of aryl methyl sites for hydroxylation is 1. The zero-order valence-corrected chi connectivity index (χ0v) is 18.2. The largest absolute Gasteiger partial charge is 0.343 e. The molecule has 0 aliphatic heterocycles. The molecule has 156 valence electrons. The lowest BCUT2D eigenvalue weighted by Gasteiger charge is -2.23. The van der Waals surface area contributed by atoms with Gasteiger partial charge in [0.1, 0.15) is 0 Å². The molecule has 8 heteroatoms. The van der Waals surface area contributed by atoms with Crippen LogP contribution in [0.25, 0.3) is 0 Å². The number of anilines is 1. The summed E-state index contributed by atoms with van der Waals surface area (Å²) in [5.74, 6) is 0.216. The Morgan fingerprint density at radius 2 is 1.93 bits per heavy atom. The first-order valence-electron chi connectivity index (χ1n) is 9.39. The van der Waals surface area contributed by atoms with Crippen molar-refractivity contribution < 1.29 is 9.59 Å². The molecular weight excluding hydrogens is 423 g/mol. The van der Waals surface area contributed by atoms with Crippen molar-refractivity contribution in [2.24, 2.45) is 7.05 Å². The molecule has 3 rings (SSSR count). The van der Waals surface area contributed by atoms with Crippen molar-refractivity contribution in [3.63, 3.8) is 0 Å². The molecule has 1 N–H and O–H groups in total. The Bertz CT molecular complexity index is 1030. The van der Waals surface area contributed by atoms with Crippen LogP contribution in [0.2, 0.25) is 5.02 Å². The van der Waals surface area contributed by atoms with Crippen molar-refractivity contribution in [3.8, 4) is 0 Å². The summed E-state index contributed by atoms with van der Waals surface area (Å²) in [5, 5.41) is 3.36. The highest BCUT2D eigenvalue weighted by Crippen LogP contribution is 2.23. The SMILES string of the molecule is Cc1cc(CN(C(=O)NCCCl)c2cccnc2)n(C)c1C(=O)c1ccc(Cl)cc1. The number of rotatable bonds is 7. The average molecular weight is 445 g/mol. The number of pyridine rings is 1. The van der Waals surface area contributed by atoms with Crippen LogP contribution >= 0.6 is 23.2 Å². The van der Waals surface area contributed by atoms with Gasteiger partial charge in [-0.3, -0.25) is 14.7 Å². The molecule has 0 spiro atoms. The number of alkyl halides is 1. The number of amides is 2. The minimum atomic E-state index is -0.284. The Kier molecular flexibility index (Phi) is 7.13. The molecule has 0 saturated heterocycles. The van der Waals surface area contributed by atoms with E-state index in [0.29, 0.717) is 34.4 Å². The van der Waals surface area contributed by atoms with Crippen molar-refractivity contribution in [3.05, 3.63) is 82.4 Å². The van der Waals surface area contributed by atoms with Gasteiger partial charge in [-0.25, -0.2) is 4.79 Å². The van der Waals surface area contributed by atoms with E-state index in [-0.39, 0.29) is 18.4 Å². The molecule has 30 heavy (non-hydrogen) atoms. The van der Waals surface area contributed by atoms with Crippen LogP contribution in [0.4, 0.5) is 10.5 Å². The molecule has 0 radical (unpaired) electrons. The standard InChI is InChI=1S/C22H22Cl2N4O2/c1-15-12-19(27(2)20(15)21(29)16-5-7-17(24)8-6-16)14-28(22(30)26-11-9-23)18-4-3-10-25-13-18/h3-8,10,12-13H,9,11,14H2,1-2H3,(H,26,30). The van der Waals surface area contributed by atoms with Gasteiger partial charge in [0.25, 0.3) is 0 Å². The molecule has 0 aliphatic carbocycles. The maximum Gasteiger partial charge on any atom is 0.322 e. The van der Waals surface area contributed by atoms with Gasteiger partial charge in [-0.05, 0) is 55.0 Å². The summed E-state index contributed by atoms with van der Waals surface area (Å²) in [5.41, 5.74) is 3.42. The van der Waals surface area contributed by atoms with Crippen LogP contribution < -0.4 is 10.2 Å². The van der Waals surface area contributed by atoms with Crippen LogP contribution in [0.3, 0.4) is 0 Å². The highest BCUT2D eigenvalue weighted by molar-refractivity contribution is 6.30. The quantitative estimate of drug-likeness (QED) is 0.428. The number of carbonyl (C=O) groups is 2. The Balaban J connectivity index is 1.92. The summed E-state index contributed by atoms with van der Waals surface area (Å²) in [4.78, 5) is 31.5. The van der Waals surface area contributed by atoms with Crippen LogP contribution in [-0.2, 0) is 13.6 Å². The van der Waals surface area contributed by atoms with Crippen LogP contribution in [0.5, 0.6) is 0 Å². The zero-order valence-electron chi connectivity index (χ0n) is 16.7. The van der Waals surface area contributed by atoms with E-state index in [0.717, 1.165) is 11.3 Å². The average Bonchev–Trinajstić information content (AvgIpc) is 3.03. The number of carbonyl (C=O) groups excluding carboxylic acids is 2. The van der Waals surface area contributed by atoms with Gasteiger partial charge in [0.05, 0.1) is 24.1 Å². The van der Waals surface area contributed by atoms with Gasteiger partial charge >= 0.3 is 6.03 Å². The van der Waals surface area contributed by atoms with Crippen molar-refractivity contribution >= 4 is 40.7 Å². The molecule has 2 amide bonds. The van der Waals surface area contributed by atoms with Crippen LogP contribution in [0.15, 0.2) is 54.9 Å². The maximum atomic E-state index is 13.1. The molecular formula is C22H22Cl2N4O2. The molecule has 6 nitrogen and oxygen atoms in total. The Hall–Kier alpha value is -2.83. The van der Waals surface area contributed by atoms with Crippen LogP contribution in [0, 0.1) is 6.92 Å². The third-order valence-corrected chi connectivity index (χ3v) is 5.18.